The van der Waals surface area contributed by atoms with Crippen molar-refractivity contribution in [2.45, 2.75) is 6.42 Å². The summed E-state index contributed by atoms with van der Waals surface area (Å²) < 4.78 is 5.16. The Morgan fingerprint density at radius 3 is 2.91 bits per heavy atom. The highest BCUT2D eigenvalue weighted by Gasteiger charge is 2.29. The molecule has 2 aliphatic rings. The molecule has 0 aromatic rings. The molecule has 0 radical (unpaired) electrons. The van der Waals surface area contributed by atoms with Crippen molar-refractivity contribution in [3.63, 3.8) is 0 Å². The first-order valence-electron chi connectivity index (χ1n) is 3.96. The molecule has 0 aromatic carbocycles. The van der Waals surface area contributed by atoms with Crippen LogP contribution in [0.4, 0.5) is 0 Å². The van der Waals surface area contributed by atoms with Gasteiger partial charge in [0, 0.05) is 19.5 Å². The van der Waals surface area contributed by atoms with Crippen molar-refractivity contribution in [3.05, 3.63) is 11.8 Å². The topological polar surface area (TPSA) is 38.3 Å². The third kappa shape index (κ3) is 1.16. The fourth-order valence-corrected chi connectivity index (χ4v) is 1.26. The summed E-state index contributed by atoms with van der Waals surface area (Å²) in [7, 11) is 0. The van der Waals surface area contributed by atoms with Gasteiger partial charge in [-0.05, 0) is 6.08 Å². The molecule has 11 heavy (non-hydrogen) atoms. The maximum absolute atomic E-state index is 11.4. The van der Waals surface area contributed by atoms with E-state index in [0.717, 1.165) is 19.5 Å². The Labute approximate surface area is 65.4 Å². The Balaban J connectivity index is 1.97. The zero-order valence-electron chi connectivity index (χ0n) is 6.30. The predicted octanol–water partition coefficient (Wildman–Crippen LogP) is 0.0791. The normalized spacial score (nSPS) is 23.8. The summed E-state index contributed by atoms with van der Waals surface area (Å²) in [5.74, 6) is 0.956. The molecule has 0 aliphatic carbocycles. The molecule has 0 saturated carbocycles. The SMILES string of the molecule is O=C(C1=CCCO1)C1CNC1. The number of hydrogen-bond donors (Lipinski definition) is 1. The number of ether oxygens (including phenoxy) is 1. The van der Waals surface area contributed by atoms with Crippen molar-refractivity contribution in [3.8, 4) is 0 Å². The van der Waals surface area contributed by atoms with Crippen molar-refractivity contribution in [2.75, 3.05) is 19.7 Å². The van der Waals surface area contributed by atoms with E-state index in [4.69, 9.17) is 4.74 Å². The van der Waals surface area contributed by atoms with Crippen LogP contribution in [-0.2, 0) is 9.53 Å². The summed E-state index contributed by atoms with van der Waals surface area (Å²) in [6.07, 6.45) is 2.78. The quantitative estimate of drug-likeness (QED) is 0.610. The van der Waals surface area contributed by atoms with Gasteiger partial charge < -0.3 is 10.1 Å². The van der Waals surface area contributed by atoms with Gasteiger partial charge in [-0.1, -0.05) is 0 Å². The summed E-state index contributed by atoms with van der Waals surface area (Å²) in [5.41, 5.74) is 0. The highest BCUT2D eigenvalue weighted by Crippen LogP contribution is 2.16. The third-order valence-corrected chi connectivity index (χ3v) is 2.10. The molecular formula is C8H11NO2. The van der Waals surface area contributed by atoms with Crippen LogP contribution in [0, 0.1) is 5.92 Å². The van der Waals surface area contributed by atoms with Crippen LogP contribution in [0.2, 0.25) is 0 Å². The van der Waals surface area contributed by atoms with E-state index in [-0.39, 0.29) is 11.7 Å². The number of allylic oxidation sites excluding steroid dienone is 1. The lowest BCUT2D eigenvalue weighted by Crippen LogP contribution is -2.47. The molecule has 0 unspecified atom stereocenters. The van der Waals surface area contributed by atoms with Crippen LogP contribution in [0.5, 0.6) is 0 Å². The van der Waals surface area contributed by atoms with Crippen LogP contribution in [0.25, 0.3) is 0 Å². The fourth-order valence-electron chi connectivity index (χ4n) is 1.26. The predicted molar refractivity (Wildman–Crippen MR) is 40.0 cm³/mol. The van der Waals surface area contributed by atoms with E-state index >= 15 is 0 Å². The van der Waals surface area contributed by atoms with Crippen LogP contribution in [0.15, 0.2) is 11.8 Å². The summed E-state index contributed by atoms with van der Waals surface area (Å²) >= 11 is 0. The van der Waals surface area contributed by atoms with E-state index < -0.39 is 0 Å². The second-order valence-corrected chi connectivity index (χ2v) is 2.92. The van der Waals surface area contributed by atoms with Crippen LogP contribution in [0.1, 0.15) is 6.42 Å². The highest BCUT2D eigenvalue weighted by atomic mass is 16.5. The Morgan fingerprint density at radius 2 is 2.45 bits per heavy atom. The number of Topliss-reactive ketones (excluding diaryl/α,β-unsaturated/α-hetero) is 1. The molecule has 1 saturated heterocycles. The average Bonchev–Trinajstić information content (AvgIpc) is 2.32. The van der Waals surface area contributed by atoms with Crippen molar-refractivity contribution >= 4 is 5.78 Å². The minimum atomic E-state index is 0.180. The first-order chi connectivity index (χ1) is 5.38. The molecule has 1 N–H and O–H groups in total. The molecule has 2 heterocycles. The van der Waals surface area contributed by atoms with Crippen LogP contribution in [0.3, 0.4) is 0 Å². The molecule has 60 valence electrons. The third-order valence-electron chi connectivity index (χ3n) is 2.10. The van der Waals surface area contributed by atoms with Crippen LogP contribution >= 0.6 is 0 Å². The summed E-state index contributed by atoms with van der Waals surface area (Å²) in [5, 5.41) is 3.06. The van der Waals surface area contributed by atoms with E-state index in [9.17, 15) is 4.79 Å². The highest BCUT2D eigenvalue weighted by molar-refractivity contribution is 5.96. The molecule has 2 rings (SSSR count). The Bertz CT molecular complexity index is 206. The zero-order valence-corrected chi connectivity index (χ0v) is 6.30. The Morgan fingerprint density at radius 1 is 1.64 bits per heavy atom. The summed E-state index contributed by atoms with van der Waals surface area (Å²) in [6, 6.07) is 0. The van der Waals surface area contributed by atoms with Gasteiger partial charge in [0.2, 0.25) is 5.78 Å². The number of ketones is 1. The molecule has 0 amide bonds. The smallest absolute Gasteiger partial charge is 0.202 e. The molecular weight excluding hydrogens is 142 g/mol. The minimum absolute atomic E-state index is 0.180. The maximum Gasteiger partial charge on any atom is 0.202 e. The number of carbonyl (C=O) groups is 1. The fraction of sp³-hybridized carbons (Fsp3) is 0.625. The second-order valence-electron chi connectivity index (χ2n) is 2.92. The van der Waals surface area contributed by atoms with Crippen LogP contribution < -0.4 is 5.32 Å². The molecule has 0 atom stereocenters. The molecule has 1 fully saturated rings. The van der Waals surface area contributed by atoms with Gasteiger partial charge in [-0.25, -0.2) is 0 Å². The van der Waals surface area contributed by atoms with Gasteiger partial charge in [0.1, 0.15) is 0 Å². The molecule has 0 spiro atoms. The van der Waals surface area contributed by atoms with Gasteiger partial charge in [-0.15, -0.1) is 0 Å². The molecule has 2 aliphatic heterocycles. The number of nitrogens with one attached hydrogen (secondary N) is 1. The first-order valence-corrected chi connectivity index (χ1v) is 3.96. The zero-order chi connectivity index (χ0) is 7.68. The van der Waals surface area contributed by atoms with E-state index in [1.807, 2.05) is 6.08 Å². The first kappa shape index (κ1) is 6.85. The van der Waals surface area contributed by atoms with Crippen molar-refractivity contribution in [2.24, 2.45) is 5.92 Å². The largest absolute Gasteiger partial charge is 0.490 e. The van der Waals surface area contributed by atoms with Gasteiger partial charge in [-0.3, -0.25) is 4.79 Å². The van der Waals surface area contributed by atoms with E-state index in [1.165, 1.54) is 0 Å². The Hall–Kier alpha value is -0.830. The number of carbonyl (C=O) groups excluding carboxylic acids is 1. The average molecular weight is 153 g/mol. The van der Waals surface area contributed by atoms with Crippen molar-refractivity contribution < 1.29 is 9.53 Å². The number of rotatable bonds is 2. The molecule has 0 aromatic heterocycles. The maximum atomic E-state index is 11.4. The summed E-state index contributed by atoms with van der Waals surface area (Å²) in [6.45, 7) is 2.32. The monoisotopic (exact) mass is 153 g/mol. The van der Waals surface area contributed by atoms with Crippen molar-refractivity contribution in [1.82, 2.24) is 5.32 Å². The van der Waals surface area contributed by atoms with E-state index in [0.29, 0.717) is 12.4 Å². The molecule has 3 nitrogen and oxygen atoms in total. The lowest BCUT2D eigenvalue weighted by Gasteiger charge is -2.25. The standard InChI is InChI=1S/C8H11NO2/c10-8(6-4-9-5-6)7-2-1-3-11-7/h2,6,9H,1,3-5H2. The molecule has 0 bridgehead atoms. The summed E-state index contributed by atoms with van der Waals surface area (Å²) in [4.78, 5) is 11.4. The number of hydrogen-bond acceptors (Lipinski definition) is 3. The second kappa shape index (κ2) is 2.66. The lowest BCUT2D eigenvalue weighted by molar-refractivity contribution is -0.123. The lowest BCUT2D eigenvalue weighted by atomic mass is 9.97. The molecule has 3 heteroatoms. The van der Waals surface area contributed by atoms with Crippen LogP contribution in [-0.4, -0.2) is 25.5 Å². The minimum Gasteiger partial charge on any atom is -0.490 e. The van der Waals surface area contributed by atoms with E-state index in [2.05, 4.69) is 5.32 Å². The van der Waals surface area contributed by atoms with Gasteiger partial charge in [-0.2, -0.15) is 0 Å². The van der Waals surface area contributed by atoms with Gasteiger partial charge in [0.05, 0.1) is 12.5 Å². The van der Waals surface area contributed by atoms with Gasteiger partial charge >= 0.3 is 0 Å². The van der Waals surface area contributed by atoms with Crippen molar-refractivity contribution in [1.29, 1.82) is 0 Å². The Kier molecular flexibility index (Phi) is 1.66. The van der Waals surface area contributed by atoms with Gasteiger partial charge in [0.15, 0.2) is 5.76 Å². The van der Waals surface area contributed by atoms with Gasteiger partial charge in [0.25, 0.3) is 0 Å². The van der Waals surface area contributed by atoms with E-state index in [1.54, 1.807) is 0 Å².